The molecule has 0 aromatic heterocycles. The number of unbranched alkanes of at least 4 members (excludes halogenated alkanes) is 1. The molecule has 22 heavy (non-hydrogen) atoms. The Hall–Kier alpha value is -1.64. The minimum Gasteiger partial charge on any atom is -0.356 e. The maximum atomic E-state index is 11.7. The summed E-state index contributed by atoms with van der Waals surface area (Å²) in [7, 11) is 0. The van der Waals surface area contributed by atoms with Gasteiger partial charge in [-0.2, -0.15) is 0 Å². The minimum atomic E-state index is 0.131. The van der Waals surface area contributed by atoms with Crippen molar-refractivity contribution in [3.63, 3.8) is 0 Å². The molecule has 0 aliphatic rings. The van der Waals surface area contributed by atoms with E-state index in [1.165, 1.54) is 11.1 Å². The van der Waals surface area contributed by atoms with Gasteiger partial charge in [-0.25, -0.2) is 0 Å². The quantitative estimate of drug-likeness (QED) is 0.668. The molecule has 1 N–H and O–H groups in total. The van der Waals surface area contributed by atoms with Crippen LogP contribution in [0.4, 0.5) is 0 Å². The van der Waals surface area contributed by atoms with Gasteiger partial charge in [0.2, 0.25) is 5.91 Å². The fraction of sp³-hybridized carbons (Fsp3) is 0.579. The second-order valence-corrected chi connectivity index (χ2v) is 6.20. The lowest BCUT2D eigenvalue weighted by Crippen LogP contribution is -2.24. The van der Waals surface area contributed by atoms with E-state index in [9.17, 15) is 9.59 Å². The van der Waals surface area contributed by atoms with Gasteiger partial charge in [-0.05, 0) is 45.1 Å². The fourth-order valence-electron chi connectivity index (χ4n) is 2.30. The van der Waals surface area contributed by atoms with E-state index in [4.69, 9.17) is 0 Å². The molecule has 1 amide bonds. The average Bonchev–Trinajstić information content (AvgIpc) is 2.48. The van der Waals surface area contributed by atoms with E-state index >= 15 is 0 Å². The summed E-state index contributed by atoms with van der Waals surface area (Å²) in [5, 5.41) is 2.96. The minimum absolute atomic E-state index is 0.131. The highest BCUT2D eigenvalue weighted by Gasteiger charge is 2.06. The van der Waals surface area contributed by atoms with Crippen molar-refractivity contribution < 1.29 is 9.59 Å². The van der Waals surface area contributed by atoms with Crippen LogP contribution in [0.1, 0.15) is 57.1 Å². The van der Waals surface area contributed by atoms with E-state index < -0.39 is 0 Å². The third-order valence-electron chi connectivity index (χ3n) is 4.07. The molecule has 0 saturated carbocycles. The summed E-state index contributed by atoms with van der Waals surface area (Å²) in [4.78, 5) is 22.8. The van der Waals surface area contributed by atoms with Gasteiger partial charge in [-0.3, -0.25) is 9.59 Å². The van der Waals surface area contributed by atoms with Crippen molar-refractivity contribution in [2.24, 2.45) is 5.92 Å². The lowest BCUT2D eigenvalue weighted by molar-refractivity contribution is -0.121. The highest BCUT2D eigenvalue weighted by molar-refractivity contribution is 5.77. The molecule has 0 aliphatic carbocycles. The number of carbonyl (C=O) groups excluding carboxylic acids is 2. The van der Waals surface area contributed by atoms with Gasteiger partial charge in [0.25, 0.3) is 0 Å². The number of carbonyl (C=O) groups is 2. The number of rotatable bonds is 10. The maximum absolute atomic E-state index is 11.7. The number of hydrogen-bond acceptors (Lipinski definition) is 2. The van der Waals surface area contributed by atoms with Gasteiger partial charge in [0, 0.05) is 18.9 Å². The SMILES string of the molecule is CC(=O)C(C)CCCCNC(=O)CCCc1ccc(C)cc1. The van der Waals surface area contributed by atoms with Crippen LogP contribution in [0.2, 0.25) is 0 Å². The molecule has 0 aliphatic heterocycles. The van der Waals surface area contributed by atoms with Crippen molar-refractivity contribution in [3.8, 4) is 0 Å². The Kier molecular flexibility index (Phi) is 8.49. The third kappa shape index (κ3) is 7.96. The molecule has 3 heteroatoms. The third-order valence-corrected chi connectivity index (χ3v) is 4.07. The molecule has 0 heterocycles. The van der Waals surface area contributed by atoms with Crippen molar-refractivity contribution >= 4 is 11.7 Å². The Morgan fingerprint density at radius 3 is 2.41 bits per heavy atom. The molecular formula is C19H29NO2. The zero-order valence-corrected chi connectivity index (χ0v) is 14.2. The number of amides is 1. The molecule has 0 bridgehead atoms. The van der Waals surface area contributed by atoms with Crippen LogP contribution in [0, 0.1) is 12.8 Å². The van der Waals surface area contributed by atoms with Crippen molar-refractivity contribution in [1.29, 1.82) is 0 Å². The Bertz CT molecular complexity index is 465. The van der Waals surface area contributed by atoms with Crippen molar-refractivity contribution in [2.75, 3.05) is 6.54 Å². The first-order valence-electron chi connectivity index (χ1n) is 8.31. The maximum Gasteiger partial charge on any atom is 0.220 e. The van der Waals surface area contributed by atoms with Crippen LogP contribution in [-0.4, -0.2) is 18.2 Å². The van der Waals surface area contributed by atoms with E-state index in [0.29, 0.717) is 13.0 Å². The molecule has 1 unspecified atom stereocenters. The van der Waals surface area contributed by atoms with E-state index in [2.05, 4.69) is 36.5 Å². The lowest BCUT2D eigenvalue weighted by atomic mass is 10.0. The fourth-order valence-corrected chi connectivity index (χ4v) is 2.30. The van der Waals surface area contributed by atoms with Crippen molar-refractivity contribution in [3.05, 3.63) is 35.4 Å². The van der Waals surface area contributed by atoms with Crippen LogP contribution in [0.25, 0.3) is 0 Å². The summed E-state index contributed by atoms with van der Waals surface area (Å²) in [6.45, 7) is 6.40. The monoisotopic (exact) mass is 303 g/mol. The summed E-state index contributed by atoms with van der Waals surface area (Å²) in [5.41, 5.74) is 2.55. The number of benzene rings is 1. The highest BCUT2D eigenvalue weighted by atomic mass is 16.1. The Balaban J connectivity index is 2.04. The van der Waals surface area contributed by atoms with Crippen molar-refractivity contribution in [2.45, 2.75) is 59.3 Å². The summed E-state index contributed by atoms with van der Waals surface area (Å²) in [6, 6.07) is 8.47. The first-order valence-corrected chi connectivity index (χ1v) is 8.31. The summed E-state index contributed by atoms with van der Waals surface area (Å²) >= 11 is 0. The van der Waals surface area contributed by atoms with E-state index in [1.807, 2.05) is 6.92 Å². The predicted octanol–water partition coefficient (Wildman–Crippen LogP) is 3.83. The van der Waals surface area contributed by atoms with Gasteiger partial charge in [0.1, 0.15) is 5.78 Å². The molecule has 1 aromatic rings. The molecule has 0 fully saturated rings. The average molecular weight is 303 g/mol. The molecule has 0 saturated heterocycles. The predicted molar refractivity (Wildman–Crippen MR) is 90.8 cm³/mol. The topological polar surface area (TPSA) is 46.2 Å². The smallest absolute Gasteiger partial charge is 0.220 e. The first-order chi connectivity index (χ1) is 10.5. The molecular weight excluding hydrogens is 274 g/mol. The van der Waals surface area contributed by atoms with E-state index in [1.54, 1.807) is 6.92 Å². The van der Waals surface area contributed by atoms with E-state index in [0.717, 1.165) is 32.1 Å². The number of aryl methyl sites for hydroxylation is 2. The molecule has 1 rings (SSSR count). The molecule has 122 valence electrons. The van der Waals surface area contributed by atoms with Crippen LogP contribution in [0.15, 0.2) is 24.3 Å². The highest BCUT2D eigenvalue weighted by Crippen LogP contribution is 2.09. The number of Topliss-reactive ketones (excluding diaryl/α,β-unsaturated/α-hetero) is 1. The van der Waals surface area contributed by atoms with Crippen molar-refractivity contribution in [1.82, 2.24) is 5.32 Å². The van der Waals surface area contributed by atoms with Gasteiger partial charge < -0.3 is 5.32 Å². The Morgan fingerprint density at radius 1 is 1.09 bits per heavy atom. The molecule has 0 radical (unpaired) electrons. The number of ketones is 1. The largest absolute Gasteiger partial charge is 0.356 e. The first kappa shape index (κ1) is 18.4. The van der Waals surface area contributed by atoms with Gasteiger partial charge in [-0.1, -0.05) is 43.2 Å². The summed E-state index contributed by atoms with van der Waals surface area (Å²) < 4.78 is 0. The van der Waals surface area contributed by atoms with Crippen LogP contribution in [0.5, 0.6) is 0 Å². The lowest BCUT2D eigenvalue weighted by Gasteiger charge is -2.08. The van der Waals surface area contributed by atoms with Gasteiger partial charge >= 0.3 is 0 Å². The van der Waals surface area contributed by atoms with Crippen LogP contribution >= 0.6 is 0 Å². The second kappa shape index (κ2) is 10.1. The molecule has 3 nitrogen and oxygen atoms in total. The molecule has 0 spiro atoms. The van der Waals surface area contributed by atoms with Crippen LogP contribution in [0.3, 0.4) is 0 Å². The number of hydrogen-bond donors (Lipinski definition) is 1. The normalized spacial score (nSPS) is 12.0. The zero-order chi connectivity index (χ0) is 16.4. The summed E-state index contributed by atoms with van der Waals surface area (Å²) in [6.07, 6.45) is 5.27. The Labute approximate surface area is 134 Å². The summed E-state index contributed by atoms with van der Waals surface area (Å²) in [5.74, 6) is 0.525. The van der Waals surface area contributed by atoms with Gasteiger partial charge in [0.15, 0.2) is 0 Å². The number of nitrogens with one attached hydrogen (secondary N) is 1. The van der Waals surface area contributed by atoms with Gasteiger partial charge in [0.05, 0.1) is 0 Å². The Morgan fingerprint density at radius 2 is 1.77 bits per heavy atom. The second-order valence-electron chi connectivity index (χ2n) is 6.20. The van der Waals surface area contributed by atoms with Crippen LogP contribution in [-0.2, 0) is 16.0 Å². The van der Waals surface area contributed by atoms with Crippen LogP contribution < -0.4 is 5.32 Å². The molecule has 1 atom stereocenters. The zero-order valence-electron chi connectivity index (χ0n) is 14.2. The standard InChI is InChI=1S/C19H29NO2/c1-15-10-12-18(13-11-15)8-6-9-19(22)20-14-5-4-7-16(2)17(3)21/h10-13,16H,4-9,14H2,1-3H3,(H,20,22). The molecule has 1 aromatic carbocycles. The van der Waals surface area contributed by atoms with E-state index in [-0.39, 0.29) is 17.6 Å². The van der Waals surface area contributed by atoms with Gasteiger partial charge in [-0.15, -0.1) is 0 Å².